The lowest BCUT2D eigenvalue weighted by atomic mass is 10.0. The summed E-state index contributed by atoms with van der Waals surface area (Å²) in [6.45, 7) is 0. The molecule has 0 radical (unpaired) electrons. The van der Waals surface area contributed by atoms with Crippen molar-refractivity contribution >= 4 is 16.9 Å². The number of hydrogen-bond donors (Lipinski definition) is 3. The molecule has 1 aromatic heterocycles. The summed E-state index contributed by atoms with van der Waals surface area (Å²) in [4.78, 5) is 14.8. The second-order valence-electron chi connectivity index (χ2n) is 3.76. The first-order valence-corrected chi connectivity index (χ1v) is 5.11. The summed E-state index contributed by atoms with van der Waals surface area (Å²) >= 11 is 0. The summed E-state index contributed by atoms with van der Waals surface area (Å²) in [7, 11) is 0. The number of rotatable bonds is 3. The highest BCUT2D eigenvalue weighted by atomic mass is 16.4. The van der Waals surface area contributed by atoms with Crippen LogP contribution < -0.4 is 5.73 Å². The Labute approximate surface area is 97.5 Å². The van der Waals surface area contributed by atoms with Gasteiger partial charge in [0.15, 0.2) is 0 Å². The van der Waals surface area contributed by atoms with Crippen molar-refractivity contribution in [1.82, 2.24) is 4.98 Å². The number of carboxylic acids is 1. The number of aliphatic carboxylic acids is 1. The van der Waals surface area contributed by atoms with Gasteiger partial charge in [-0.1, -0.05) is 18.2 Å². The van der Waals surface area contributed by atoms with Crippen molar-refractivity contribution in [2.45, 2.75) is 12.1 Å². The number of benzene rings is 1. The number of fused-ring (bicyclic) bond motifs is 1. The molecule has 0 bridgehead atoms. The zero-order valence-electron chi connectivity index (χ0n) is 8.95. The molecule has 88 valence electrons. The first-order chi connectivity index (χ1) is 8.09. The van der Waals surface area contributed by atoms with E-state index in [1.54, 1.807) is 30.5 Å². The molecule has 0 aliphatic carbocycles. The molecule has 0 saturated carbocycles. The van der Waals surface area contributed by atoms with Gasteiger partial charge in [0.25, 0.3) is 0 Å². The van der Waals surface area contributed by atoms with E-state index in [0.29, 0.717) is 11.1 Å². The van der Waals surface area contributed by atoms with Crippen molar-refractivity contribution in [2.75, 3.05) is 0 Å². The van der Waals surface area contributed by atoms with Gasteiger partial charge < -0.3 is 15.9 Å². The van der Waals surface area contributed by atoms with Crippen LogP contribution in [0.3, 0.4) is 0 Å². The van der Waals surface area contributed by atoms with Crippen LogP contribution in [0.4, 0.5) is 0 Å². The van der Waals surface area contributed by atoms with E-state index in [4.69, 9.17) is 10.8 Å². The molecule has 1 aromatic carbocycles. The highest BCUT2D eigenvalue weighted by Crippen LogP contribution is 2.20. The standard InChI is InChI=1S/C12H12N2O3/c13-10(12(16)17)11(15)8-4-3-7-2-1-5-14-9(7)6-8/h1-6,10-11,15H,13H2,(H,16,17). The zero-order valence-corrected chi connectivity index (χ0v) is 8.95. The summed E-state index contributed by atoms with van der Waals surface area (Å²) in [5, 5.41) is 19.4. The lowest BCUT2D eigenvalue weighted by Gasteiger charge is -2.15. The molecule has 17 heavy (non-hydrogen) atoms. The Morgan fingerprint density at radius 3 is 2.82 bits per heavy atom. The second-order valence-corrected chi connectivity index (χ2v) is 3.76. The van der Waals surface area contributed by atoms with Crippen LogP contribution in [0.15, 0.2) is 36.5 Å². The maximum Gasteiger partial charge on any atom is 0.323 e. The van der Waals surface area contributed by atoms with Gasteiger partial charge in [-0.15, -0.1) is 0 Å². The molecule has 2 rings (SSSR count). The van der Waals surface area contributed by atoms with Crippen LogP contribution >= 0.6 is 0 Å². The first-order valence-electron chi connectivity index (χ1n) is 5.11. The van der Waals surface area contributed by atoms with Crippen molar-refractivity contribution in [3.05, 3.63) is 42.1 Å². The molecule has 2 atom stereocenters. The van der Waals surface area contributed by atoms with E-state index in [1.807, 2.05) is 6.07 Å². The van der Waals surface area contributed by atoms with E-state index in [2.05, 4.69) is 4.98 Å². The summed E-state index contributed by atoms with van der Waals surface area (Å²) in [5.74, 6) is -1.24. The molecule has 5 heteroatoms. The van der Waals surface area contributed by atoms with Gasteiger partial charge in [0.2, 0.25) is 0 Å². The third-order valence-corrected chi connectivity index (χ3v) is 2.60. The molecule has 4 N–H and O–H groups in total. The first kappa shape index (κ1) is 11.5. The van der Waals surface area contributed by atoms with Crippen LogP contribution in [-0.4, -0.2) is 27.2 Å². The van der Waals surface area contributed by atoms with Crippen LogP contribution in [0.25, 0.3) is 10.9 Å². The highest BCUT2D eigenvalue weighted by Gasteiger charge is 2.23. The van der Waals surface area contributed by atoms with Crippen LogP contribution in [0.5, 0.6) is 0 Å². The van der Waals surface area contributed by atoms with Crippen molar-refractivity contribution in [1.29, 1.82) is 0 Å². The van der Waals surface area contributed by atoms with Crippen molar-refractivity contribution in [2.24, 2.45) is 5.73 Å². The third kappa shape index (κ3) is 2.25. The van der Waals surface area contributed by atoms with E-state index in [9.17, 15) is 9.90 Å². The lowest BCUT2D eigenvalue weighted by molar-refractivity contribution is -0.141. The highest BCUT2D eigenvalue weighted by molar-refractivity contribution is 5.79. The molecule has 0 fully saturated rings. The summed E-state index contributed by atoms with van der Waals surface area (Å²) in [6.07, 6.45) is 0.397. The Bertz CT molecular complexity index is 556. The number of nitrogens with two attached hydrogens (primary N) is 1. The number of nitrogens with zero attached hydrogens (tertiary/aromatic N) is 1. The van der Waals surface area contributed by atoms with Gasteiger partial charge in [0.1, 0.15) is 12.1 Å². The molecule has 2 aromatic rings. The Hall–Kier alpha value is -1.98. The van der Waals surface area contributed by atoms with Crippen LogP contribution in [0.2, 0.25) is 0 Å². The molecule has 0 spiro atoms. The van der Waals surface area contributed by atoms with Gasteiger partial charge in [-0.25, -0.2) is 0 Å². The fourth-order valence-electron chi connectivity index (χ4n) is 1.61. The SMILES string of the molecule is NC(C(=O)O)C(O)c1ccc2cccnc2c1. The minimum Gasteiger partial charge on any atom is -0.480 e. The molecule has 1 heterocycles. The van der Waals surface area contributed by atoms with Gasteiger partial charge in [-0.2, -0.15) is 0 Å². The van der Waals surface area contributed by atoms with E-state index < -0.39 is 18.1 Å². The zero-order chi connectivity index (χ0) is 12.4. The minimum absolute atomic E-state index is 0.450. The Morgan fingerprint density at radius 2 is 2.12 bits per heavy atom. The van der Waals surface area contributed by atoms with Crippen LogP contribution in [0.1, 0.15) is 11.7 Å². The van der Waals surface area contributed by atoms with Crippen LogP contribution in [0, 0.1) is 0 Å². The maximum absolute atomic E-state index is 10.7. The smallest absolute Gasteiger partial charge is 0.323 e. The monoisotopic (exact) mass is 232 g/mol. The van der Waals surface area contributed by atoms with E-state index in [0.717, 1.165) is 5.39 Å². The molecule has 0 amide bonds. The summed E-state index contributed by atoms with van der Waals surface area (Å²) in [6, 6.07) is 7.42. The average molecular weight is 232 g/mol. The number of aliphatic hydroxyl groups is 1. The number of carbonyl (C=O) groups is 1. The van der Waals surface area contributed by atoms with Gasteiger partial charge in [-0.3, -0.25) is 9.78 Å². The topological polar surface area (TPSA) is 96.4 Å². The predicted molar refractivity (Wildman–Crippen MR) is 62.3 cm³/mol. The molecule has 0 aliphatic heterocycles. The van der Waals surface area contributed by atoms with Crippen molar-refractivity contribution in [3.63, 3.8) is 0 Å². The largest absolute Gasteiger partial charge is 0.480 e. The van der Waals surface area contributed by atoms with Crippen molar-refractivity contribution < 1.29 is 15.0 Å². The van der Waals surface area contributed by atoms with E-state index in [-0.39, 0.29) is 0 Å². The predicted octanol–water partition coefficient (Wildman–Crippen LogP) is 0.680. The van der Waals surface area contributed by atoms with Gasteiger partial charge in [0.05, 0.1) is 5.52 Å². The molecular formula is C12H12N2O3. The molecule has 0 aliphatic rings. The van der Waals surface area contributed by atoms with Gasteiger partial charge in [-0.05, 0) is 17.7 Å². The molecule has 0 saturated heterocycles. The quantitative estimate of drug-likeness (QED) is 0.723. The summed E-state index contributed by atoms with van der Waals surface area (Å²) in [5.41, 5.74) is 6.51. The van der Waals surface area contributed by atoms with Gasteiger partial charge in [0, 0.05) is 11.6 Å². The fraction of sp³-hybridized carbons (Fsp3) is 0.167. The Kier molecular flexibility index (Phi) is 3.03. The normalized spacial score (nSPS) is 14.5. The molecule has 5 nitrogen and oxygen atoms in total. The summed E-state index contributed by atoms with van der Waals surface area (Å²) < 4.78 is 0. The number of aliphatic hydroxyl groups excluding tert-OH is 1. The molecule has 2 unspecified atom stereocenters. The van der Waals surface area contributed by atoms with Crippen LogP contribution in [-0.2, 0) is 4.79 Å². The van der Waals surface area contributed by atoms with Crippen molar-refractivity contribution in [3.8, 4) is 0 Å². The van der Waals surface area contributed by atoms with E-state index in [1.165, 1.54) is 0 Å². The number of carboxylic acid groups (broad SMARTS) is 1. The Balaban J connectivity index is 2.39. The Morgan fingerprint density at radius 1 is 1.35 bits per heavy atom. The third-order valence-electron chi connectivity index (χ3n) is 2.60. The fourth-order valence-corrected chi connectivity index (χ4v) is 1.61. The number of hydrogen-bond acceptors (Lipinski definition) is 4. The van der Waals surface area contributed by atoms with Gasteiger partial charge >= 0.3 is 5.97 Å². The second kappa shape index (κ2) is 4.48. The number of aromatic nitrogens is 1. The number of pyridine rings is 1. The maximum atomic E-state index is 10.7. The lowest BCUT2D eigenvalue weighted by Crippen LogP contribution is -2.36. The van der Waals surface area contributed by atoms with E-state index >= 15 is 0 Å². The minimum atomic E-state index is -1.34. The average Bonchev–Trinajstić information content (AvgIpc) is 2.36. The molecular weight excluding hydrogens is 220 g/mol.